The zero-order chi connectivity index (χ0) is 20.4. The molecule has 0 aliphatic rings. The van der Waals surface area contributed by atoms with Gasteiger partial charge in [0.05, 0.1) is 0 Å². The van der Waals surface area contributed by atoms with Crippen LogP contribution in [0.1, 0.15) is 28.0 Å². The molecule has 0 fully saturated rings. The molecule has 0 amide bonds. The second-order valence-electron chi connectivity index (χ2n) is 7.01. The highest BCUT2D eigenvalue weighted by molar-refractivity contribution is 9.10. The molecule has 0 aliphatic carbocycles. The first kappa shape index (κ1) is 20.7. The van der Waals surface area contributed by atoms with Crippen molar-refractivity contribution >= 4 is 27.7 Å². The van der Waals surface area contributed by atoms with Gasteiger partial charge in [0.15, 0.2) is 0 Å². The van der Waals surface area contributed by atoms with Crippen LogP contribution in [-0.2, 0) is 6.42 Å². The van der Waals surface area contributed by atoms with Crippen LogP contribution >= 0.6 is 27.7 Å². The molecule has 146 valence electrons. The zero-order valence-electron chi connectivity index (χ0n) is 16.4. The lowest BCUT2D eigenvalue weighted by Crippen LogP contribution is -2.09. The molecule has 0 radical (unpaired) electrons. The van der Waals surface area contributed by atoms with E-state index in [0.29, 0.717) is 23.3 Å². The van der Waals surface area contributed by atoms with Crippen molar-refractivity contribution in [3.05, 3.63) is 79.3 Å². The standard InChI is InChI=1S/C23H23BrO3S/c1-13-5-7-17(8-6-13)28-10-9-19-16(4)22(25)21(23(26)27-19)20-15(3)11-14(2)12-18(20)24/h5-8,11-12,25H,9-10H2,1-4H3. The Morgan fingerprint density at radius 2 is 1.68 bits per heavy atom. The molecule has 5 heteroatoms. The second kappa shape index (κ2) is 8.58. The van der Waals surface area contributed by atoms with Gasteiger partial charge in [-0.15, -0.1) is 11.8 Å². The van der Waals surface area contributed by atoms with Gasteiger partial charge in [-0.05, 0) is 57.0 Å². The molecule has 0 aliphatic heterocycles. The van der Waals surface area contributed by atoms with Crippen LogP contribution in [0.25, 0.3) is 11.1 Å². The molecule has 1 aromatic heterocycles. The summed E-state index contributed by atoms with van der Waals surface area (Å²) in [5.41, 5.74) is 4.23. The van der Waals surface area contributed by atoms with E-state index in [1.807, 2.05) is 26.0 Å². The maximum absolute atomic E-state index is 12.7. The van der Waals surface area contributed by atoms with Crippen LogP contribution in [0.3, 0.4) is 0 Å². The molecular weight excluding hydrogens is 436 g/mol. The van der Waals surface area contributed by atoms with E-state index in [1.54, 1.807) is 18.7 Å². The third-order valence-corrected chi connectivity index (χ3v) is 6.37. The highest BCUT2D eigenvalue weighted by Gasteiger charge is 2.21. The average Bonchev–Trinajstić information content (AvgIpc) is 2.63. The minimum atomic E-state index is -0.508. The quantitative estimate of drug-likeness (QED) is 0.452. The van der Waals surface area contributed by atoms with Crippen molar-refractivity contribution in [3.63, 3.8) is 0 Å². The molecule has 1 N–H and O–H groups in total. The summed E-state index contributed by atoms with van der Waals surface area (Å²) in [5.74, 6) is 1.30. The van der Waals surface area contributed by atoms with Gasteiger partial charge >= 0.3 is 5.63 Å². The zero-order valence-corrected chi connectivity index (χ0v) is 18.8. The molecule has 1 heterocycles. The lowest BCUT2D eigenvalue weighted by Gasteiger charge is -2.14. The van der Waals surface area contributed by atoms with Crippen molar-refractivity contribution in [1.29, 1.82) is 0 Å². The van der Waals surface area contributed by atoms with Gasteiger partial charge in [0.25, 0.3) is 0 Å². The lowest BCUT2D eigenvalue weighted by atomic mass is 9.97. The van der Waals surface area contributed by atoms with Crippen LogP contribution in [0, 0.1) is 27.7 Å². The van der Waals surface area contributed by atoms with E-state index in [-0.39, 0.29) is 11.3 Å². The van der Waals surface area contributed by atoms with E-state index in [4.69, 9.17) is 4.42 Å². The number of rotatable bonds is 5. The largest absolute Gasteiger partial charge is 0.507 e. The van der Waals surface area contributed by atoms with Crippen molar-refractivity contribution in [3.8, 4) is 16.9 Å². The van der Waals surface area contributed by atoms with Crippen LogP contribution in [0.5, 0.6) is 5.75 Å². The fourth-order valence-corrected chi connectivity index (χ4v) is 4.97. The summed E-state index contributed by atoms with van der Waals surface area (Å²) >= 11 is 5.22. The molecule has 0 spiro atoms. The van der Waals surface area contributed by atoms with Gasteiger partial charge in [-0.25, -0.2) is 4.79 Å². The number of aryl methyl sites for hydroxylation is 4. The molecule has 2 aromatic carbocycles. The number of hydrogen-bond acceptors (Lipinski definition) is 4. The molecule has 0 bridgehead atoms. The number of benzene rings is 2. The first-order valence-corrected chi connectivity index (χ1v) is 10.9. The summed E-state index contributed by atoms with van der Waals surface area (Å²) in [6.45, 7) is 7.77. The van der Waals surface area contributed by atoms with Gasteiger partial charge in [-0.1, -0.05) is 39.7 Å². The van der Waals surface area contributed by atoms with Crippen LogP contribution in [0.4, 0.5) is 0 Å². The first-order chi connectivity index (χ1) is 13.3. The van der Waals surface area contributed by atoms with E-state index < -0.39 is 5.63 Å². The predicted octanol–water partition coefficient (Wildman–Crippen LogP) is 6.34. The number of halogens is 1. The Bertz CT molecular complexity index is 1050. The van der Waals surface area contributed by atoms with Gasteiger partial charge < -0.3 is 9.52 Å². The van der Waals surface area contributed by atoms with Crippen LogP contribution < -0.4 is 5.63 Å². The first-order valence-electron chi connectivity index (χ1n) is 9.10. The molecule has 0 unspecified atom stereocenters. The second-order valence-corrected chi connectivity index (χ2v) is 9.03. The molecule has 0 atom stereocenters. The van der Waals surface area contributed by atoms with E-state index in [1.165, 1.54) is 10.5 Å². The summed E-state index contributed by atoms with van der Waals surface area (Å²) in [4.78, 5) is 13.9. The fraction of sp³-hybridized carbons (Fsp3) is 0.261. The highest BCUT2D eigenvalue weighted by atomic mass is 79.9. The van der Waals surface area contributed by atoms with Crippen LogP contribution in [-0.4, -0.2) is 10.9 Å². The Morgan fingerprint density at radius 3 is 2.32 bits per heavy atom. The van der Waals surface area contributed by atoms with Crippen molar-refractivity contribution in [2.24, 2.45) is 0 Å². The Labute approximate surface area is 177 Å². The SMILES string of the molecule is Cc1ccc(SCCc2oc(=O)c(-c3c(C)cc(C)cc3Br)c(O)c2C)cc1. The van der Waals surface area contributed by atoms with Gasteiger partial charge in [0.2, 0.25) is 0 Å². The maximum atomic E-state index is 12.7. The molecule has 3 nitrogen and oxygen atoms in total. The Kier molecular flexibility index (Phi) is 6.36. The van der Waals surface area contributed by atoms with Gasteiger partial charge in [-0.3, -0.25) is 0 Å². The molecule has 3 aromatic rings. The summed E-state index contributed by atoms with van der Waals surface area (Å²) in [6, 6.07) is 12.2. The third-order valence-electron chi connectivity index (χ3n) is 4.73. The van der Waals surface area contributed by atoms with Crippen molar-refractivity contribution < 1.29 is 9.52 Å². The lowest BCUT2D eigenvalue weighted by molar-refractivity contribution is 0.423. The third kappa shape index (κ3) is 4.36. The van der Waals surface area contributed by atoms with Gasteiger partial charge in [-0.2, -0.15) is 0 Å². The summed E-state index contributed by atoms with van der Waals surface area (Å²) in [5, 5.41) is 10.8. The molecule has 0 saturated carbocycles. The van der Waals surface area contributed by atoms with Crippen LogP contribution in [0.15, 0.2) is 55.0 Å². The minimum absolute atomic E-state index is 0.000705. The molecule has 3 rings (SSSR count). The number of aromatic hydroxyl groups is 1. The summed E-state index contributed by atoms with van der Waals surface area (Å²) < 4.78 is 6.39. The predicted molar refractivity (Wildman–Crippen MR) is 120 cm³/mol. The smallest absolute Gasteiger partial charge is 0.347 e. The van der Waals surface area contributed by atoms with Gasteiger partial charge in [0.1, 0.15) is 17.1 Å². The van der Waals surface area contributed by atoms with Crippen molar-refractivity contribution in [2.75, 3.05) is 5.75 Å². The van der Waals surface area contributed by atoms with E-state index in [9.17, 15) is 9.90 Å². The average molecular weight is 459 g/mol. The summed E-state index contributed by atoms with van der Waals surface area (Å²) in [6.07, 6.45) is 0.571. The Balaban J connectivity index is 1.89. The van der Waals surface area contributed by atoms with E-state index in [0.717, 1.165) is 21.4 Å². The number of hydrogen-bond donors (Lipinski definition) is 1. The number of thioether (sulfide) groups is 1. The minimum Gasteiger partial charge on any atom is -0.507 e. The monoisotopic (exact) mass is 458 g/mol. The maximum Gasteiger partial charge on any atom is 0.347 e. The molecule has 0 saturated heterocycles. The van der Waals surface area contributed by atoms with E-state index >= 15 is 0 Å². The van der Waals surface area contributed by atoms with Crippen LogP contribution in [0.2, 0.25) is 0 Å². The Hall–Kier alpha value is -1.98. The molecular formula is C23H23BrO3S. The topological polar surface area (TPSA) is 50.4 Å². The molecule has 28 heavy (non-hydrogen) atoms. The summed E-state index contributed by atoms with van der Waals surface area (Å²) in [7, 11) is 0. The van der Waals surface area contributed by atoms with E-state index in [2.05, 4.69) is 47.1 Å². The normalized spacial score (nSPS) is 11.0. The van der Waals surface area contributed by atoms with Gasteiger partial charge in [0, 0.05) is 32.7 Å². The van der Waals surface area contributed by atoms with Crippen molar-refractivity contribution in [1.82, 2.24) is 0 Å². The van der Waals surface area contributed by atoms with Crippen molar-refractivity contribution in [2.45, 2.75) is 39.0 Å². The Morgan fingerprint density at radius 1 is 1.00 bits per heavy atom. The fourth-order valence-electron chi connectivity index (χ4n) is 3.24. The highest BCUT2D eigenvalue weighted by Crippen LogP contribution is 2.38.